The summed E-state index contributed by atoms with van der Waals surface area (Å²) in [5, 5.41) is 11.4. The largest absolute Gasteiger partial charge is 0.294 e. The predicted molar refractivity (Wildman–Crippen MR) is 101 cm³/mol. The minimum Gasteiger partial charge on any atom is -0.282 e. The fraction of sp³-hybridized carbons (Fsp3) is 0.0526. The van der Waals surface area contributed by atoms with Crippen LogP contribution in [-0.4, -0.2) is 34.6 Å². The Hall–Kier alpha value is -3.63. The van der Waals surface area contributed by atoms with Gasteiger partial charge in [0.2, 0.25) is 0 Å². The average molecular weight is 412 g/mol. The molecule has 2 amide bonds. The first-order valence-corrected chi connectivity index (χ1v) is 9.74. The van der Waals surface area contributed by atoms with Crippen LogP contribution in [0.1, 0.15) is 26.3 Å². The van der Waals surface area contributed by atoms with E-state index in [0.717, 1.165) is 11.0 Å². The maximum absolute atomic E-state index is 13.0. The highest BCUT2D eigenvalue weighted by Crippen LogP contribution is 2.33. The third-order valence-corrected chi connectivity index (χ3v) is 5.52. The number of hydrogen-bond donors (Lipinski definition) is 1. The summed E-state index contributed by atoms with van der Waals surface area (Å²) in [5.74, 6) is -1.28. The van der Waals surface area contributed by atoms with Gasteiger partial charge in [0, 0.05) is 23.1 Å². The van der Waals surface area contributed by atoms with E-state index in [4.69, 9.17) is 0 Å². The number of hydrogen-bond acceptors (Lipinski definition) is 6. The lowest BCUT2D eigenvalue weighted by Crippen LogP contribution is -2.39. The number of carbonyl (C=O) groups is 2. The molecule has 1 N–H and O–H groups in total. The average Bonchev–Trinajstić information content (AvgIpc) is 2.68. The smallest absolute Gasteiger partial charge is 0.282 e. The Balaban J connectivity index is 1.82. The van der Waals surface area contributed by atoms with Gasteiger partial charge >= 0.3 is 0 Å². The molecule has 0 bridgehead atoms. The molecule has 3 aromatic rings. The van der Waals surface area contributed by atoms with E-state index < -0.39 is 31.8 Å². The third-order valence-electron chi connectivity index (χ3n) is 4.69. The van der Waals surface area contributed by atoms with Crippen LogP contribution < -0.4 is 0 Å². The van der Waals surface area contributed by atoms with Gasteiger partial charge in [0.15, 0.2) is 0 Å². The fourth-order valence-corrected chi connectivity index (χ4v) is 3.87. The van der Waals surface area contributed by atoms with Crippen molar-refractivity contribution in [3.8, 4) is 0 Å². The second-order valence-corrected chi connectivity index (χ2v) is 7.89. The lowest BCUT2D eigenvalue weighted by atomic mass is 9.94. The van der Waals surface area contributed by atoms with Crippen LogP contribution in [0.25, 0.3) is 10.8 Å². The predicted octanol–water partition coefficient (Wildman–Crippen LogP) is 2.79. The van der Waals surface area contributed by atoms with Gasteiger partial charge in [-0.1, -0.05) is 24.3 Å². The molecule has 10 heteroatoms. The number of carbonyl (C=O) groups excluding carboxylic acids is 2. The molecule has 1 aliphatic rings. The van der Waals surface area contributed by atoms with Crippen molar-refractivity contribution in [3.63, 3.8) is 0 Å². The third kappa shape index (κ3) is 3.13. The first-order chi connectivity index (χ1) is 13.7. The standard InChI is InChI=1S/C19H12N2O7S/c22-18-15-3-1-2-12-8-14(29(26,27)28)9-16(17(12)15)19(23)20(18)10-11-4-6-13(7-5-11)21(24)25/h1-9H,10H2,(H,26,27,28). The van der Waals surface area contributed by atoms with E-state index in [1.165, 1.54) is 36.4 Å². The van der Waals surface area contributed by atoms with Crippen molar-refractivity contribution in [1.29, 1.82) is 0 Å². The zero-order valence-electron chi connectivity index (χ0n) is 14.6. The van der Waals surface area contributed by atoms with E-state index in [0.29, 0.717) is 16.3 Å². The van der Waals surface area contributed by atoms with Crippen LogP contribution in [-0.2, 0) is 16.7 Å². The van der Waals surface area contributed by atoms with Crippen molar-refractivity contribution in [1.82, 2.24) is 4.90 Å². The van der Waals surface area contributed by atoms with Crippen molar-refractivity contribution in [2.45, 2.75) is 11.4 Å². The molecule has 0 radical (unpaired) electrons. The monoisotopic (exact) mass is 412 g/mol. The minimum absolute atomic E-state index is 0.0211. The van der Waals surface area contributed by atoms with Crippen molar-refractivity contribution < 1.29 is 27.5 Å². The van der Waals surface area contributed by atoms with Gasteiger partial charge in [-0.05, 0) is 29.1 Å². The molecule has 4 rings (SSSR count). The molecule has 0 saturated heterocycles. The van der Waals surface area contributed by atoms with Crippen LogP contribution in [0.5, 0.6) is 0 Å². The number of imide groups is 1. The maximum Gasteiger partial charge on any atom is 0.294 e. The van der Waals surface area contributed by atoms with Gasteiger partial charge in [0.25, 0.3) is 27.6 Å². The van der Waals surface area contributed by atoms with Crippen molar-refractivity contribution in [2.24, 2.45) is 0 Å². The lowest BCUT2D eigenvalue weighted by Gasteiger charge is -2.27. The molecular formula is C19H12N2O7S. The highest BCUT2D eigenvalue weighted by molar-refractivity contribution is 7.85. The molecule has 0 spiro atoms. The summed E-state index contributed by atoms with van der Waals surface area (Å²) in [4.78, 5) is 36.6. The van der Waals surface area contributed by atoms with Gasteiger partial charge in [-0.25, -0.2) is 0 Å². The van der Waals surface area contributed by atoms with Gasteiger partial charge in [0.05, 0.1) is 21.9 Å². The summed E-state index contributed by atoms with van der Waals surface area (Å²) in [6.07, 6.45) is 0. The van der Waals surface area contributed by atoms with Gasteiger partial charge < -0.3 is 0 Å². The molecule has 1 aliphatic heterocycles. The molecule has 146 valence electrons. The first-order valence-electron chi connectivity index (χ1n) is 8.30. The van der Waals surface area contributed by atoms with E-state index in [9.17, 15) is 32.7 Å². The number of amides is 2. The zero-order chi connectivity index (χ0) is 20.9. The van der Waals surface area contributed by atoms with Gasteiger partial charge in [-0.3, -0.25) is 29.2 Å². The van der Waals surface area contributed by atoms with Crippen LogP contribution >= 0.6 is 0 Å². The van der Waals surface area contributed by atoms with Gasteiger partial charge in [-0.15, -0.1) is 0 Å². The Morgan fingerprint density at radius 3 is 2.24 bits per heavy atom. The number of non-ortho nitro benzene ring substituents is 1. The number of benzene rings is 3. The molecule has 0 fully saturated rings. The van der Waals surface area contributed by atoms with E-state index in [1.807, 2.05) is 0 Å². The Morgan fingerprint density at radius 2 is 1.62 bits per heavy atom. The molecule has 0 aliphatic carbocycles. The number of nitro groups is 1. The van der Waals surface area contributed by atoms with Crippen LogP contribution in [0.3, 0.4) is 0 Å². The zero-order valence-corrected chi connectivity index (χ0v) is 15.4. The van der Waals surface area contributed by atoms with Crippen molar-refractivity contribution in [3.05, 3.63) is 81.4 Å². The van der Waals surface area contributed by atoms with Gasteiger partial charge in [0.1, 0.15) is 0 Å². The quantitative estimate of drug-likeness (QED) is 0.301. The van der Waals surface area contributed by atoms with E-state index in [2.05, 4.69) is 0 Å². The highest BCUT2D eigenvalue weighted by Gasteiger charge is 2.34. The van der Waals surface area contributed by atoms with Crippen molar-refractivity contribution in [2.75, 3.05) is 0 Å². The summed E-state index contributed by atoms with van der Waals surface area (Å²) in [6.45, 7) is -0.151. The molecule has 29 heavy (non-hydrogen) atoms. The topological polar surface area (TPSA) is 135 Å². The first kappa shape index (κ1) is 18.7. The summed E-state index contributed by atoms with van der Waals surface area (Å²) < 4.78 is 32.6. The number of rotatable bonds is 4. The number of nitrogens with zero attached hydrogens (tertiary/aromatic N) is 2. The summed E-state index contributed by atoms with van der Waals surface area (Å²) in [6, 6.07) is 12.3. The lowest BCUT2D eigenvalue weighted by molar-refractivity contribution is -0.384. The fourth-order valence-electron chi connectivity index (χ4n) is 3.33. The SMILES string of the molecule is O=C1c2cccc3cc(S(=O)(=O)O)cc(c23)C(=O)N1Cc1ccc([N+](=O)[O-])cc1. The molecule has 0 unspecified atom stereocenters. The van der Waals surface area contributed by atoms with Crippen LogP contribution in [0.4, 0.5) is 5.69 Å². The second-order valence-electron chi connectivity index (χ2n) is 6.47. The molecule has 3 aromatic carbocycles. The Kier molecular flexibility index (Phi) is 4.17. The van der Waals surface area contributed by atoms with Crippen molar-refractivity contribution >= 4 is 38.4 Å². The Bertz CT molecular complexity index is 1310. The molecular weight excluding hydrogens is 400 g/mol. The Morgan fingerprint density at radius 1 is 0.966 bits per heavy atom. The summed E-state index contributed by atoms with van der Waals surface area (Å²) in [7, 11) is -4.56. The van der Waals surface area contributed by atoms with Crippen LogP contribution in [0.15, 0.2) is 59.5 Å². The van der Waals surface area contributed by atoms with E-state index in [-0.39, 0.29) is 23.4 Å². The number of nitro benzene ring substituents is 1. The van der Waals surface area contributed by atoms with Crippen LogP contribution in [0.2, 0.25) is 0 Å². The minimum atomic E-state index is -4.56. The molecule has 1 heterocycles. The summed E-state index contributed by atoms with van der Waals surface area (Å²) >= 11 is 0. The van der Waals surface area contributed by atoms with E-state index in [1.54, 1.807) is 12.1 Å². The van der Waals surface area contributed by atoms with Crippen LogP contribution in [0, 0.1) is 10.1 Å². The normalized spacial score (nSPS) is 13.8. The molecule has 0 atom stereocenters. The maximum atomic E-state index is 13.0. The van der Waals surface area contributed by atoms with E-state index >= 15 is 0 Å². The Labute approximate surface area is 164 Å². The molecule has 0 saturated carbocycles. The molecule has 0 aromatic heterocycles. The second kappa shape index (κ2) is 6.47. The molecule has 9 nitrogen and oxygen atoms in total. The summed E-state index contributed by atoms with van der Waals surface area (Å²) in [5.41, 5.74) is 0.560. The highest BCUT2D eigenvalue weighted by atomic mass is 32.2. The van der Waals surface area contributed by atoms with Gasteiger partial charge in [-0.2, -0.15) is 8.42 Å².